The van der Waals surface area contributed by atoms with Gasteiger partial charge < -0.3 is 55.1 Å². The summed E-state index contributed by atoms with van der Waals surface area (Å²) in [5, 5.41) is 84.2. The molecule has 0 saturated carbocycles. The lowest BCUT2D eigenvalue weighted by Gasteiger charge is -2.49. The van der Waals surface area contributed by atoms with Crippen molar-refractivity contribution in [3.8, 4) is 0 Å². The van der Waals surface area contributed by atoms with E-state index in [0.29, 0.717) is 12.8 Å². The van der Waals surface area contributed by atoms with Gasteiger partial charge in [-0.1, -0.05) is 194 Å². The van der Waals surface area contributed by atoms with Crippen LogP contribution in [-0.2, 0) is 28.5 Å². The number of Topliss-reactive ketones (excluding diaryl/α,β-unsaturated/α-hetero) is 1. The van der Waals surface area contributed by atoms with Crippen LogP contribution in [0.15, 0.2) is 0 Å². The Bertz CT molecular complexity index is 1140. The Morgan fingerprint density at radius 2 is 0.887 bits per heavy atom. The average Bonchev–Trinajstić information content (AvgIpc) is 3.51. The maximum absolute atomic E-state index is 14.2. The lowest BCUT2D eigenvalue weighted by molar-refractivity contribution is -0.498. The van der Waals surface area contributed by atoms with Crippen LogP contribution in [0.25, 0.3) is 0 Å². The number of ketones is 1. The van der Waals surface area contributed by atoms with Crippen molar-refractivity contribution in [2.24, 2.45) is 5.92 Å². The minimum absolute atomic E-state index is 0.0985. The fraction of sp³-hybridized carbons (Fsp3) is 0.958. The third-order valence-electron chi connectivity index (χ3n) is 12.9. The molecule has 366 valence electrons. The van der Waals surface area contributed by atoms with E-state index >= 15 is 0 Å². The van der Waals surface area contributed by atoms with Gasteiger partial charge in [0.05, 0.1) is 13.2 Å². The number of carbonyl (C=O) groups is 2. The zero-order valence-corrected chi connectivity index (χ0v) is 38.7. The molecule has 2 saturated heterocycles. The largest absolute Gasteiger partial charge is 0.405 e. The summed E-state index contributed by atoms with van der Waals surface area (Å²) in [4.78, 5) is 28.0. The molecule has 2 rings (SSSR count). The van der Waals surface area contributed by atoms with Gasteiger partial charge in [-0.25, -0.2) is 0 Å². The third kappa shape index (κ3) is 19.7. The molecule has 2 heterocycles. The van der Waals surface area contributed by atoms with Gasteiger partial charge in [-0.3, -0.25) is 14.3 Å². The number of rotatable bonds is 39. The first-order valence-electron chi connectivity index (χ1n) is 25.0. The summed E-state index contributed by atoms with van der Waals surface area (Å²) in [5.74, 6) is -8.73. The molecule has 0 aromatic rings. The molecule has 0 amide bonds. The van der Waals surface area contributed by atoms with Crippen molar-refractivity contribution in [3.63, 3.8) is 0 Å². The van der Waals surface area contributed by atoms with E-state index in [-0.39, 0.29) is 18.6 Å². The molecule has 10 atom stereocenters. The van der Waals surface area contributed by atoms with Crippen LogP contribution in [0.1, 0.15) is 213 Å². The molecule has 0 aromatic heterocycles. The van der Waals surface area contributed by atoms with E-state index < -0.39 is 86.2 Å². The van der Waals surface area contributed by atoms with Gasteiger partial charge in [0.15, 0.2) is 6.10 Å². The Labute approximate surface area is 373 Å². The van der Waals surface area contributed by atoms with Gasteiger partial charge in [0.2, 0.25) is 5.79 Å². The standard InChI is InChI=1S/C48H90O14/c1-3-5-7-9-11-13-15-17-19-21-23-25-27-29-31-33-38(52)37(32-30-28-26-24-22-20-18-16-14-12-10-8-6-4-2)46(58)61-48(45(57)43(55)41(53)39(34-49)60-48)62-47(36-51)44(56)42(54)40(35-50)59-47/h37,39-45,49-51,53-57H,3-36H2,1-2H3/t37?,39-,40-,41-,42-,43+,44+,45-,47?,48+/m1/s1. The van der Waals surface area contributed by atoms with Crippen molar-refractivity contribution >= 4 is 11.8 Å². The van der Waals surface area contributed by atoms with Crippen molar-refractivity contribution in [2.45, 2.75) is 267 Å². The molecule has 2 fully saturated rings. The molecule has 0 bridgehead atoms. The zero-order chi connectivity index (χ0) is 45.6. The molecule has 0 spiro atoms. The van der Waals surface area contributed by atoms with Crippen LogP contribution < -0.4 is 0 Å². The van der Waals surface area contributed by atoms with Gasteiger partial charge in [-0.2, -0.15) is 0 Å². The van der Waals surface area contributed by atoms with Gasteiger partial charge in [0, 0.05) is 6.42 Å². The molecule has 0 aromatic carbocycles. The van der Waals surface area contributed by atoms with Gasteiger partial charge in [0.25, 0.3) is 0 Å². The molecule has 2 unspecified atom stereocenters. The minimum Gasteiger partial charge on any atom is -0.405 e. The summed E-state index contributed by atoms with van der Waals surface area (Å²) in [7, 11) is 0. The summed E-state index contributed by atoms with van der Waals surface area (Å²) in [5.41, 5.74) is 0. The van der Waals surface area contributed by atoms with E-state index in [1.54, 1.807) is 0 Å². The van der Waals surface area contributed by atoms with E-state index in [0.717, 1.165) is 51.4 Å². The molecule has 2 aliphatic rings. The Hall–Kier alpha value is -1.30. The summed E-state index contributed by atoms with van der Waals surface area (Å²) >= 11 is 0. The van der Waals surface area contributed by atoms with Crippen molar-refractivity contribution in [2.75, 3.05) is 19.8 Å². The normalized spacial score (nSPS) is 28.1. The topological polar surface area (TPSA) is 233 Å². The lowest BCUT2D eigenvalue weighted by Crippen LogP contribution is -2.71. The monoisotopic (exact) mass is 891 g/mol. The van der Waals surface area contributed by atoms with Crippen molar-refractivity contribution < 1.29 is 69.4 Å². The number of carbonyl (C=O) groups excluding carboxylic acids is 2. The van der Waals surface area contributed by atoms with Gasteiger partial charge >= 0.3 is 11.9 Å². The highest BCUT2D eigenvalue weighted by molar-refractivity contribution is 5.99. The smallest absolute Gasteiger partial charge is 0.362 e. The minimum atomic E-state index is -3.15. The highest BCUT2D eigenvalue weighted by atomic mass is 16.9. The Morgan fingerprint density at radius 1 is 0.500 bits per heavy atom. The lowest BCUT2D eigenvalue weighted by atomic mass is 9.92. The molecule has 14 nitrogen and oxygen atoms in total. The predicted octanol–water partition coefficient (Wildman–Crippen LogP) is 6.79. The summed E-state index contributed by atoms with van der Waals surface area (Å²) in [6, 6.07) is 0. The number of esters is 1. The van der Waals surface area contributed by atoms with Crippen molar-refractivity contribution in [1.29, 1.82) is 0 Å². The maximum Gasteiger partial charge on any atom is 0.362 e. The van der Waals surface area contributed by atoms with Gasteiger partial charge in [-0.05, 0) is 12.8 Å². The predicted molar refractivity (Wildman–Crippen MR) is 237 cm³/mol. The number of aliphatic hydroxyl groups excluding tert-OH is 8. The van der Waals surface area contributed by atoms with E-state index in [4.69, 9.17) is 18.9 Å². The summed E-state index contributed by atoms with van der Waals surface area (Å²) in [6.45, 7) is 1.47. The van der Waals surface area contributed by atoms with Gasteiger partial charge in [-0.15, -0.1) is 0 Å². The van der Waals surface area contributed by atoms with Crippen LogP contribution >= 0.6 is 0 Å². The molecule has 62 heavy (non-hydrogen) atoms. The molecule has 8 N–H and O–H groups in total. The summed E-state index contributed by atoms with van der Waals surface area (Å²) < 4.78 is 22.6. The second-order valence-corrected chi connectivity index (χ2v) is 18.2. The number of hydrogen-bond donors (Lipinski definition) is 8. The number of ether oxygens (including phenoxy) is 4. The van der Waals surface area contributed by atoms with Crippen LogP contribution in [0, 0.1) is 5.92 Å². The maximum atomic E-state index is 14.2. The quantitative estimate of drug-likeness (QED) is 0.0137. The van der Waals surface area contributed by atoms with E-state index in [2.05, 4.69) is 13.8 Å². The van der Waals surface area contributed by atoms with Crippen LogP contribution in [0.4, 0.5) is 0 Å². The van der Waals surface area contributed by atoms with E-state index in [1.807, 2.05) is 0 Å². The third-order valence-corrected chi connectivity index (χ3v) is 12.9. The number of aliphatic hydroxyl groups is 8. The first kappa shape index (κ1) is 56.8. The second kappa shape index (κ2) is 33.2. The molecular weight excluding hydrogens is 801 g/mol. The fourth-order valence-electron chi connectivity index (χ4n) is 8.80. The van der Waals surface area contributed by atoms with Crippen molar-refractivity contribution in [3.05, 3.63) is 0 Å². The molecular formula is C48H90O14. The number of unbranched alkanes of at least 4 members (excludes halogenated alkanes) is 27. The first-order chi connectivity index (χ1) is 30.0. The first-order valence-corrected chi connectivity index (χ1v) is 25.0. The highest BCUT2D eigenvalue weighted by Crippen LogP contribution is 2.42. The van der Waals surface area contributed by atoms with Crippen LogP contribution in [0.2, 0.25) is 0 Å². The SMILES string of the molecule is CCCCCCCCCCCCCCCCCC(=O)C(CCCCCCCCCCCCCCCC)C(=O)O[C@@]1(OC2(CO)O[C@H](CO)[C@@H](O)[C@@H]2O)O[C@H](CO)[C@@H](O)[C@H](O)[C@H]1O. The van der Waals surface area contributed by atoms with Crippen LogP contribution in [0.5, 0.6) is 0 Å². The van der Waals surface area contributed by atoms with Gasteiger partial charge in [0.1, 0.15) is 54.9 Å². The molecule has 0 radical (unpaired) electrons. The number of hydrogen-bond acceptors (Lipinski definition) is 14. The van der Waals surface area contributed by atoms with E-state index in [9.17, 15) is 50.4 Å². The Balaban J connectivity index is 2.04. The average molecular weight is 891 g/mol. The Kier molecular flexibility index (Phi) is 30.4. The second-order valence-electron chi connectivity index (χ2n) is 18.2. The molecule has 2 aliphatic heterocycles. The Morgan fingerprint density at radius 3 is 1.27 bits per heavy atom. The van der Waals surface area contributed by atoms with Crippen LogP contribution in [-0.4, -0.2) is 127 Å². The van der Waals surface area contributed by atoms with Crippen molar-refractivity contribution in [1.82, 2.24) is 0 Å². The molecule has 0 aliphatic carbocycles. The molecule has 14 heteroatoms. The van der Waals surface area contributed by atoms with E-state index in [1.165, 1.54) is 122 Å². The van der Waals surface area contributed by atoms with Crippen LogP contribution in [0.3, 0.4) is 0 Å². The zero-order valence-electron chi connectivity index (χ0n) is 38.7. The highest BCUT2D eigenvalue weighted by Gasteiger charge is 2.66. The summed E-state index contributed by atoms with van der Waals surface area (Å²) in [6.07, 6.45) is 19.9. The fourth-order valence-corrected chi connectivity index (χ4v) is 8.80.